The number of nitrogens with zero attached hydrogens (tertiary/aromatic N) is 2. The molecule has 23 heavy (non-hydrogen) atoms. The predicted octanol–water partition coefficient (Wildman–Crippen LogP) is 2.68. The number of rotatable bonds is 4. The second kappa shape index (κ2) is 7.35. The lowest BCUT2D eigenvalue weighted by atomic mass is 9.88. The summed E-state index contributed by atoms with van der Waals surface area (Å²) in [5.41, 5.74) is 7.65. The van der Waals surface area contributed by atoms with Crippen molar-refractivity contribution in [3.63, 3.8) is 0 Å². The number of anilines is 1. The van der Waals surface area contributed by atoms with E-state index in [0.29, 0.717) is 24.2 Å². The second-order valence-corrected chi connectivity index (χ2v) is 7.04. The van der Waals surface area contributed by atoms with Crippen molar-refractivity contribution in [3.8, 4) is 0 Å². The van der Waals surface area contributed by atoms with Crippen LogP contribution in [0, 0.1) is 0 Å². The fraction of sp³-hybridized carbons (Fsp3) is 0.632. The van der Waals surface area contributed by atoms with E-state index in [-0.39, 0.29) is 5.91 Å². The number of likely N-dealkylation sites (tertiary alicyclic amines) is 1. The van der Waals surface area contributed by atoms with Crippen LogP contribution in [0.5, 0.6) is 0 Å². The molecule has 2 N–H and O–H groups in total. The normalized spacial score (nSPS) is 25.4. The summed E-state index contributed by atoms with van der Waals surface area (Å²) in [4.78, 5) is 17.4. The Morgan fingerprint density at radius 2 is 1.87 bits per heavy atom. The maximum Gasteiger partial charge on any atom is 0.227 e. The number of nitrogen functional groups attached to an aromatic ring is 1. The first kappa shape index (κ1) is 16.3. The zero-order chi connectivity index (χ0) is 16.2. The smallest absolute Gasteiger partial charge is 0.227 e. The van der Waals surface area contributed by atoms with Crippen LogP contribution in [0.3, 0.4) is 0 Å². The van der Waals surface area contributed by atoms with Gasteiger partial charge < -0.3 is 10.6 Å². The molecule has 0 radical (unpaired) electrons. The van der Waals surface area contributed by atoms with E-state index in [9.17, 15) is 4.79 Å². The van der Waals surface area contributed by atoms with E-state index >= 15 is 0 Å². The zero-order valence-corrected chi connectivity index (χ0v) is 14.2. The molecule has 2 fully saturated rings. The van der Waals surface area contributed by atoms with E-state index in [4.69, 9.17) is 5.73 Å². The summed E-state index contributed by atoms with van der Waals surface area (Å²) in [5, 5.41) is 0. The average Bonchev–Trinajstić information content (AvgIpc) is 3.10. The first-order valence-corrected chi connectivity index (χ1v) is 9.00. The number of benzene rings is 1. The Kier molecular flexibility index (Phi) is 5.21. The summed E-state index contributed by atoms with van der Waals surface area (Å²) in [6, 6.07) is 8.60. The summed E-state index contributed by atoms with van der Waals surface area (Å²) < 4.78 is 0. The average molecular weight is 315 g/mol. The molecule has 0 aromatic heterocycles. The van der Waals surface area contributed by atoms with Crippen LogP contribution >= 0.6 is 0 Å². The van der Waals surface area contributed by atoms with Gasteiger partial charge in [-0.2, -0.15) is 0 Å². The molecule has 1 aromatic rings. The highest BCUT2D eigenvalue weighted by Crippen LogP contribution is 2.29. The minimum atomic E-state index is 0.194. The number of nitrogens with two attached hydrogens (primary N) is 1. The van der Waals surface area contributed by atoms with Crippen molar-refractivity contribution in [2.75, 3.05) is 25.9 Å². The Morgan fingerprint density at radius 1 is 1.17 bits per heavy atom. The Hall–Kier alpha value is -1.55. The van der Waals surface area contributed by atoms with Crippen LogP contribution in [0.1, 0.15) is 44.1 Å². The van der Waals surface area contributed by atoms with Crippen LogP contribution in [0.2, 0.25) is 0 Å². The van der Waals surface area contributed by atoms with E-state index in [1.165, 1.54) is 45.2 Å². The Bertz CT molecular complexity index is 539. The Morgan fingerprint density at radius 3 is 2.61 bits per heavy atom. The molecule has 2 atom stereocenters. The first-order valence-electron chi connectivity index (χ1n) is 9.00. The van der Waals surface area contributed by atoms with Gasteiger partial charge in [-0.05, 0) is 50.4 Å². The maximum absolute atomic E-state index is 12.8. The minimum Gasteiger partial charge on any atom is -0.398 e. The van der Waals surface area contributed by atoms with Crippen molar-refractivity contribution in [2.45, 2.75) is 57.0 Å². The van der Waals surface area contributed by atoms with Gasteiger partial charge in [0, 0.05) is 24.8 Å². The number of likely N-dealkylation sites (N-methyl/N-ethyl adjacent to an activating group) is 1. The van der Waals surface area contributed by atoms with Gasteiger partial charge in [-0.15, -0.1) is 0 Å². The molecule has 1 saturated carbocycles. The third-order valence-corrected chi connectivity index (χ3v) is 5.59. The number of hydrogen-bond donors (Lipinski definition) is 1. The molecule has 4 heteroatoms. The van der Waals surface area contributed by atoms with Gasteiger partial charge in [0.05, 0.1) is 6.42 Å². The second-order valence-electron chi connectivity index (χ2n) is 7.04. The highest BCUT2D eigenvalue weighted by molar-refractivity contribution is 5.80. The first-order chi connectivity index (χ1) is 11.2. The molecule has 4 nitrogen and oxygen atoms in total. The van der Waals surface area contributed by atoms with Gasteiger partial charge in [0.25, 0.3) is 0 Å². The number of hydrogen-bond acceptors (Lipinski definition) is 3. The van der Waals surface area contributed by atoms with Crippen LogP contribution in [0.4, 0.5) is 5.69 Å². The molecular weight excluding hydrogens is 286 g/mol. The van der Waals surface area contributed by atoms with Gasteiger partial charge in [0.15, 0.2) is 0 Å². The minimum absolute atomic E-state index is 0.194. The van der Waals surface area contributed by atoms with Gasteiger partial charge in [-0.3, -0.25) is 9.69 Å². The molecule has 1 aliphatic carbocycles. The molecule has 3 rings (SSSR count). The van der Waals surface area contributed by atoms with E-state index in [1.807, 2.05) is 36.2 Å². The monoisotopic (exact) mass is 315 g/mol. The molecule has 0 spiro atoms. The maximum atomic E-state index is 12.8. The molecule has 1 unspecified atom stereocenters. The number of carbonyl (C=O) groups is 1. The highest BCUT2D eigenvalue weighted by Gasteiger charge is 2.35. The topological polar surface area (TPSA) is 49.6 Å². The lowest BCUT2D eigenvalue weighted by Gasteiger charge is -2.42. The van der Waals surface area contributed by atoms with Crippen LogP contribution in [0.25, 0.3) is 0 Å². The quantitative estimate of drug-likeness (QED) is 0.869. The van der Waals surface area contributed by atoms with Crippen molar-refractivity contribution < 1.29 is 4.79 Å². The van der Waals surface area contributed by atoms with Crippen molar-refractivity contribution in [1.82, 2.24) is 9.80 Å². The van der Waals surface area contributed by atoms with Gasteiger partial charge in [0.2, 0.25) is 5.91 Å². The lowest BCUT2D eigenvalue weighted by molar-refractivity contribution is -0.133. The van der Waals surface area contributed by atoms with Crippen LogP contribution in [-0.4, -0.2) is 47.9 Å². The van der Waals surface area contributed by atoms with Crippen LogP contribution in [-0.2, 0) is 11.2 Å². The zero-order valence-electron chi connectivity index (χ0n) is 14.2. The molecule has 126 valence electrons. The molecule has 1 amide bonds. The van der Waals surface area contributed by atoms with E-state index in [2.05, 4.69) is 4.90 Å². The van der Waals surface area contributed by atoms with Crippen LogP contribution in [0.15, 0.2) is 24.3 Å². The summed E-state index contributed by atoms with van der Waals surface area (Å²) in [5.74, 6) is 0.194. The Labute approximate surface area is 139 Å². The number of para-hydroxylation sites is 1. The van der Waals surface area contributed by atoms with Gasteiger partial charge in [0.1, 0.15) is 0 Å². The standard InChI is InChI=1S/C19H29N3O/c1-21(19(23)14-15-8-2-3-9-16(15)20)17-10-4-5-11-18(17)22-12-6-7-13-22/h2-3,8-9,17-18H,4-7,10-14,20H2,1H3/t17?,18-/m0/s1. The van der Waals surface area contributed by atoms with Gasteiger partial charge in [-0.25, -0.2) is 0 Å². The fourth-order valence-electron chi connectivity index (χ4n) is 4.21. The molecular formula is C19H29N3O. The van der Waals surface area contributed by atoms with Crippen molar-refractivity contribution >= 4 is 11.6 Å². The SMILES string of the molecule is CN(C(=O)Cc1ccccc1N)C1CCCC[C@@H]1N1CCCC1. The highest BCUT2D eigenvalue weighted by atomic mass is 16.2. The summed E-state index contributed by atoms with van der Waals surface area (Å²) >= 11 is 0. The third-order valence-electron chi connectivity index (χ3n) is 5.59. The number of carbonyl (C=O) groups excluding carboxylic acids is 1. The molecule has 1 heterocycles. The molecule has 1 aromatic carbocycles. The molecule has 0 bridgehead atoms. The van der Waals surface area contributed by atoms with Crippen LogP contribution < -0.4 is 5.73 Å². The molecule has 1 aliphatic heterocycles. The summed E-state index contributed by atoms with van der Waals surface area (Å²) in [6.45, 7) is 2.41. The number of amides is 1. The molecule has 1 saturated heterocycles. The molecule has 2 aliphatic rings. The Balaban J connectivity index is 1.68. The third kappa shape index (κ3) is 3.69. The predicted molar refractivity (Wildman–Crippen MR) is 94.2 cm³/mol. The van der Waals surface area contributed by atoms with Crippen molar-refractivity contribution in [1.29, 1.82) is 0 Å². The van der Waals surface area contributed by atoms with E-state index < -0.39 is 0 Å². The van der Waals surface area contributed by atoms with Crippen molar-refractivity contribution in [3.05, 3.63) is 29.8 Å². The summed E-state index contributed by atoms with van der Waals surface area (Å²) in [6.07, 6.45) is 7.92. The van der Waals surface area contributed by atoms with Gasteiger partial charge in [-0.1, -0.05) is 31.0 Å². The summed E-state index contributed by atoms with van der Waals surface area (Å²) in [7, 11) is 1.99. The van der Waals surface area contributed by atoms with E-state index in [0.717, 1.165) is 12.0 Å². The van der Waals surface area contributed by atoms with E-state index in [1.54, 1.807) is 0 Å². The fourth-order valence-corrected chi connectivity index (χ4v) is 4.21. The van der Waals surface area contributed by atoms with Gasteiger partial charge >= 0.3 is 0 Å². The van der Waals surface area contributed by atoms with Crippen molar-refractivity contribution in [2.24, 2.45) is 0 Å². The largest absolute Gasteiger partial charge is 0.398 e. The lowest BCUT2D eigenvalue weighted by Crippen LogP contribution is -2.53.